The van der Waals surface area contributed by atoms with Crippen LogP contribution in [-0.2, 0) is 14.5 Å². The zero-order chi connectivity index (χ0) is 11.2. The van der Waals surface area contributed by atoms with Crippen LogP contribution in [0.3, 0.4) is 0 Å². The third-order valence-electron chi connectivity index (χ3n) is 1.90. The van der Waals surface area contributed by atoms with E-state index in [-0.39, 0.29) is 24.6 Å². The van der Waals surface area contributed by atoms with Gasteiger partial charge < -0.3 is 10.8 Å². The van der Waals surface area contributed by atoms with Crippen molar-refractivity contribution >= 4 is 28.1 Å². The molecule has 2 atom stereocenters. The maximum atomic E-state index is 11.5. The van der Waals surface area contributed by atoms with Crippen LogP contribution in [0.2, 0.25) is 0 Å². The molecule has 0 aliphatic carbocycles. The second kappa shape index (κ2) is 7.90. The summed E-state index contributed by atoms with van der Waals surface area (Å²) in [5.41, 5.74) is 5.24. The highest BCUT2D eigenvalue weighted by Crippen LogP contribution is 2.02. The molecule has 0 aliphatic rings. The Bertz CT molecular complexity index is 280. The first kappa shape index (κ1) is 17.1. The number of carbonyl (C=O) groups is 1. The molecule has 7 heteroatoms. The van der Waals surface area contributed by atoms with E-state index >= 15 is 0 Å². The summed E-state index contributed by atoms with van der Waals surface area (Å²) >= 11 is 0. The smallest absolute Gasteiger partial charge is 0.320 e. The summed E-state index contributed by atoms with van der Waals surface area (Å²) in [6.45, 7) is 1.96. The molecule has 0 heterocycles. The number of carboxylic acids is 1. The minimum Gasteiger partial charge on any atom is -0.480 e. The van der Waals surface area contributed by atoms with Gasteiger partial charge in [0.15, 0.2) is 0 Å². The van der Waals surface area contributed by atoms with Crippen molar-refractivity contribution in [1.82, 2.24) is 0 Å². The fourth-order valence-corrected chi connectivity index (χ4v) is 2.51. The lowest BCUT2D eigenvalue weighted by Gasteiger charge is -2.08. The third-order valence-corrected chi connectivity index (χ3v) is 3.75. The molecule has 92 valence electrons. The van der Waals surface area contributed by atoms with Gasteiger partial charge in [-0.25, -0.2) is 4.21 Å². The van der Waals surface area contributed by atoms with Gasteiger partial charge >= 0.3 is 5.97 Å². The average Bonchev–Trinajstić information content (AvgIpc) is 2.11. The molecular weight excluding hydrogens is 240 g/mol. The zero-order valence-corrected chi connectivity index (χ0v) is 10.4. The highest BCUT2D eigenvalue weighted by Gasteiger charge is 2.14. The molecule has 5 nitrogen and oxygen atoms in total. The minimum absolute atomic E-state index is 0. The maximum Gasteiger partial charge on any atom is 0.320 e. The maximum absolute atomic E-state index is 11.5. The molecule has 0 aromatic rings. The van der Waals surface area contributed by atoms with Crippen LogP contribution >= 0.6 is 12.4 Å². The van der Waals surface area contributed by atoms with Crippen molar-refractivity contribution in [2.45, 2.75) is 32.2 Å². The van der Waals surface area contributed by atoms with Gasteiger partial charge in [0.25, 0.3) is 0 Å². The number of nitrogens with two attached hydrogens (primary N) is 1. The number of nitrogens with one attached hydrogen (secondary N) is 1. The summed E-state index contributed by atoms with van der Waals surface area (Å²) in [4.78, 5) is 10.4. The minimum atomic E-state index is -2.62. The number of hydrogen-bond acceptors (Lipinski definition) is 4. The predicted molar refractivity (Wildman–Crippen MR) is 63.0 cm³/mol. The summed E-state index contributed by atoms with van der Waals surface area (Å²) in [5.74, 6) is -0.674. The van der Waals surface area contributed by atoms with Gasteiger partial charge in [-0.05, 0) is 12.8 Å². The molecule has 0 bridgehead atoms. The zero-order valence-electron chi connectivity index (χ0n) is 8.77. The Kier molecular flexibility index (Phi) is 8.99. The molecule has 0 saturated heterocycles. The Hall–Kier alpha value is -0.330. The van der Waals surface area contributed by atoms with E-state index in [0.717, 1.165) is 12.8 Å². The van der Waals surface area contributed by atoms with Gasteiger partial charge in [-0.3, -0.25) is 9.57 Å². The Morgan fingerprint density at radius 2 is 2.07 bits per heavy atom. The van der Waals surface area contributed by atoms with E-state index < -0.39 is 21.7 Å². The van der Waals surface area contributed by atoms with Crippen LogP contribution in [0, 0.1) is 4.78 Å². The quantitative estimate of drug-likeness (QED) is 0.635. The lowest BCUT2D eigenvalue weighted by molar-refractivity contribution is -0.138. The van der Waals surface area contributed by atoms with Gasteiger partial charge in [-0.2, -0.15) is 0 Å². The van der Waals surface area contributed by atoms with Crippen molar-refractivity contribution in [2.24, 2.45) is 5.73 Å². The Morgan fingerprint density at radius 3 is 2.47 bits per heavy atom. The van der Waals surface area contributed by atoms with Crippen molar-refractivity contribution in [3.63, 3.8) is 0 Å². The van der Waals surface area contributed by atoms with Gasteiger partial charge in [0.05, 0.1) is 0 Å². The van der Waals surface area contributed by atoms with E-state index in [2.05, 4.69) is 0 Å². The Labute approximate surface area is 96.8 Å². The van der Waals surface area contributed by atoms with Crippen LogP contribution in [0.1, 0.15) is 26.2 Å². The number of rotatable bonds is 7. The summed E-state index contributed by atoms with van der Waals surface area (Å²) in [7, 11) is -2.62. The molecule has 4 N–H and O–H groups in total. The van der Waals surface area contributed by atoms with Crippen LogP contribution in [0.25, 0.3) is 0 Å². The molecular formula is C8H19ClN2O3S. The van der Waals surface area contributed by atoms with E-state index in [1.54, 1.807) is 0 Å². The largest absolute Gasteiger partial charge is 0.480 e. The lowest BCUT2D eigenvalue weighted by atomic mass is 10.2. The average molecular weight is 259 g/mol. The topological polar surface area (TPSA) is 104 Å². The first-order chi connectivity index (χ1) is 6.39. The summed E-state index contributed by atoms with van der Waals surface area (Å²) < 4.78 is 18.9. The molecule has 0 saturated carbocycles. The standard InChI is InChI=1S/C8H18N2O3S.ClH/c1-2-3-5-14(10,13)6-4-7(9)8(11)12;/h7,10H,2-6,9H2,1H3,(H,11,12);1H/t7-,14?;/m0./s1. The Morgan fingerprint density at radius 1 is 1.53 bits per heavy atom. The van der Waals surface area contributed by atoms with Crippen molar-refractivity contribution in [3.05, 3.63) is 0 Å². The highest BCUT2D eigenvalue weighted by atomic mass is 35.5. The number of carboxylic acid groups (broad SMARTS) is 1. The summed E-state index contributed by atoms with van der Waals surface area (Å²) in [6.07, 6.45) is 1.74. The molecule has 0 amide bonds. The van der Waals surface area contributed by atoms with Crippen LogP contribution in [0.15, 0.2) is 0 Å². The van der Waals surface area contributed by atoms with Gasteiger partial charge in [-0.15, -0.1) is 12.4 Å². The summed E-state index contributed by atoms with van der Waals surface area (Å²) in [6, 6.07) is -0.997. The van der Waals surface area contributed by atoms with Gasteiger partial charge in [0.1, 0.15) is 6.04 Å². The van der Waals surface area contributed by atoms with Gasteiger partial charge in [-0.1, -0.05) is 13.3 Å². The molecule has 0 rings (SSSR count). The van der Waals surface area contributed by atoms with E-state index in [4.69, 9.17) is 15.6 Å². The fourth-order valence-electron chi connectivity index (χ4n) is 0.920. The number of aliphatic carboxylic acids is 1. The van der Waals surface area contributed by atoms with E-state index in [1.165, 1.54) is 0 Å². The Balaban J connectivity index is 0. The number of hydrogen-bond donors (Lipinski definition) is 3. The number of unbranched alkanes of at least 4 members (excludes halogenated alkanes) is 1. The van der Waals surface area contributed by atoms with Crippen molar-refractivity contribution in [1.29, 1.82) is 4.78 Å². The predicted octanol–water partition coefficient (Wildman–Crippen LogP) is 1.06. The second-order valence-corrected chi connectivity index (χ2v) is 5.75. The monoisotopic (exact) mass is 258 g/mol. The molecule has 0 aromatic carbocycles. The van der Waals surface area contributed by atoms with E-state index in [0.29, 0.717) is 5.75 Å². The summed E-state index contributed by atoms with van der Waals surface area (Å²) in [5, 5.41) is 8.48. The molecule has 0 radical (unpaired) electrons. The SMILES string of the molecule is CCCCS(=N)(=O)CC[C@H](N)C(=O)O.Cl. The molecule has 0 fully saturated rings. The first-order valence-electron chi connectivity index (χ1n) is 4.61. The molecule has 15 heavy (non-hydrogen) atoms. The molecule has 0 aliphatic heterocycles. The van der Waals surface area contributed by atoms with E-state index in [1.807, 2.05) is 6.92 Å². The van der Waals surface area contributed by atoms with Crippen molar-refractivity contribution in [3.8, 4) is 0 Å². The molecule has 0 aromatic heterocycles. The lowest BCUT2D eigenvalue weighted by Crippen LogP contribution is -2.32. The van der Waals surface area contributed by atoms with Crippen LogP contribution in [-0.4, -0.2) is 32.8 Å². The normalized spacial score (nSPS) is 16.1. The van der Waals surface area contributed by atoms with Gasteiger partial charge in [0, 0.05) is 21.2 Å². The van der Waals surface area contributed by atoms with Crippen LogP contribution < -0.4 is 5.73 Å². The van der Waals surface area contributed by atoms with Crippen LogP contribution in [0.4, 0.5) is 0 Å². The molecule has 0 spiro atoms. The van der Waals surface area contributed by atoms with Crippen molar-refractivity contribution in [2.75, 3.05) is 11.5 Å². The molecule has 1 unspecified atom stereocenters. The second-order valence-electron chi connectivity index (χ2n) is 3.31. The van der Waals surface area contributed by atoms with Gasteiger partial charge in [0.2, 0.25) is 0 Å². The van der Waals surface area contributed by atoms with Crippen molar-refractivity contribution < 1.29 is 14.1 Å². The third kappa shape index (κ3) is 8.65. The fraction of sp³-hybridized carbons (Fsp3) is 0.875. The van der Waals surface area contributed by atoms with Crippen LogP contribution in [0.5, 0.6) is 0 Å². The number of halogens is 1. The van der Waals surface area contributed by atoms with E-state index in [9.17, 15) is 9.00 Å². The first-order valence-corrected chi connectivity index (χ1v) is 6.51. The highest BCUT2D eigenvalue weighted by molar-refractivity contribution is 7.92.